The minimum atomic E-state index is -0.414. The van der Waals surface area contributed by atoms with Gasteiger partial charge in [-0.15, -0.1) is 0 Å². The molecule has 0 fully saturated rings. The summed E-state index contributed by atoms with van der Waals surface area (Å²) >= 11 is 0. The molecule has 0 atom stereocenters. The third kappa shape index (κ3) is 3.75. The molecular weight excluding hydrogens is 244 g/mol. The van der Waals surface area contributed by atoms with Crippen LogP contribution in [0.25, 0.3) is 0 Å². The highest BCUT2D eigenvalue weighted by Gasteiger charge is 2.14. The second-order valence-corrected chi connectivity index (χ2v) is 4.66. The quantitative estimate of drug-likeness (QED) is 0.499. The first-order valence-corrected chi connectivity index (χ1v) is 6.38. The standard InChI is InChI=1S/C13H18N4O2/c1-11-4-8-16(9-5-11)10-7-15-13-12(17(18)19)3-2-6-14-13/h2-4,6H,5,7-10H2,1H3,(H,14,15). The predicted octanol–water partition coefficient (Wildman–Crippen LogP) is 2.05. The Morgan fingerprint density at radius 3 is 3.11 bits per heavy atom. The normalized spacial score (nSPS) is 15.9. The molecule has 0 aliphatic carbocycles. The SMILES string of the molecule is CC1=CCN(CCNc2ncccc2[N+](=O)[O-])CC1. The molecule has 0 saturated heterocycles. The molecule has 0 aromatic carbocycles. The van der Waals surface area contributed by atoms with Crippen LogP contribution in [0.15, 0.2) is 30.0 Å². The summed E-state index contributed by atoms with van der Waals surface area (Å²) in [5, 5.41) is 13.9. The molecule has 1 aromatic heterocycles. The van der Waals surface area contributed by atoms with E-state index in [0.29, 0.717) is 12.4 Å². The largest absolute Gasteiger partial charge is 0.363 e. The molecule has 1 N–H and O–H groups in total. The summed E-state index contributed by atoms with van der Waals surface area (Å²) < 4.78 is 0. The number of nitro groups is 1. The van der Waals surface area contributed by atoms with E-state index in [9.17, 15) is 10.1 Å². The zero-order valence-corrected chi connectivity index (χ0v) is 11.0. The lowest BCUT2D eigenvalue weighted by Crippen LogP contribution is -2.32. The highest BCUT2D eigenvalue weighted by molar-refractivity contribution is 5.54. The van der Waals surface area contributed by atoms with Crippen molar-refractivity contribution >= 4 is 11.5 Å². The van der Waals surface area contributed by atoms with Crippen LogP contribution in [0.4, 0.5) is 11.5 Å². The summed E-state index contributed by atoms with van der Waals surface area (Å²) in [6.45, 7) is 5.67. The Labute approximate surface area is 112 Å². The van der Waals surface area contributed by atoms with Crippen molar-refractivity contribution in [2.75, 3.05) is 31.5 Å². The highest BCUT2D eigenvalue weighted by atomic mass is 16.6. The Bertz CT molecular complexity index is 487. The van der Waals surface area contributed by atoms with Crippen LogP contribution in [0.3, 0.4) is 0 Å². The van der Waals surface area contributed by atoms with Crippen molar-refractivity contribution in [1.29, 1.82) is 0 Å². The first-order valence-electron chi connectivity index (χ1n) is 6.38. The molecule has 0 bridgehead atoms. The van der Waals surface area contributed by atoms with E-state index in [1.165, 1.54) is 11.6 Å². The summed E-state index contributed by atoms with van der Waals surface area (Å²) in [5.41, 5.74) is 1.46. The van der Waals surface area contributed by atoms with Crippen LogP contribution in [0, 0.1) is 10.1 Å². The van der Waals surface area contributed by atoms with E-state index in [4.69, 9.17) is 0 Å². The number of aromatic nitrogens is 1. The number of nitrogens with zero attached hydrogens (tertiary/aromatic N) is 3. The van der Waals surface area contributed by atoms with Crippen LogP contribution in [0.5, 0.6) is 0 Å². The minimum Gasteiger partial charge on any atom is -0.363 e. The number of pyridine rings is 1. The van der Waals surface area contributed by atoms with Crippen LogP contribution < -0.4 is 5.32 Å². The van der Waals surface area contributed by atoms with Crippen LogP contribution in [0.2, 0.25) is 0 Å². The Balaban J connectivity index is 1.85. The van der Waals surface area contributed by atoms with Gasteiger partial charge in [0, 0.05) is 38.4 Å². The second kappa shape index (κ2) is 6.29. The van der Waals surface area contributed by atoms with Crippen molar-refractivity contribution in [2.45, 2.75) is 13.3 Å². The summed E-state index contributed by atoms with van der Waals surface area (Å²) in [6.07, 6.45) is 4.89. The first-order chi connectivity index (χ1) is 9.16. The molecule has 0 spiro atoms. The van der Waals surface area contributed by atoms with Gasteiger partial charge in [0.15, 0.2) is 0 Å². The van der Waals surface area contributed by atoms with E-state index in [0.717, 1.165) is 26.1 Å². The molecule has 1 aliphatic rings. The van der Waals surface area contributed by atoms with E-state index in [-0.39, 0.29) is 5.69 Å². The highest BCUT2D eigenvalue weighted by Crippen LogP contribution is 2.19. The van der Waals surface area contributed by atoms with Gasteiger partial charge < -0.3 is 5.32 Å². The summed E-state index contributed by atoms with van der Waals surface area (Å²) in [6, 6.07) is 3.03. The van der Waals surface area contributed by atoms with E-state index >= 15 is 0 Å². The van der Waals surface area contributed by atoms with Crippen LogP contribution in [-0.2, 0) is 0 Å². The van der Waals surface area contributed by atoms with Gasteiger partial charge in [-0.2, -0.15) is 0 Å². The molecule has 102 valence electrons. The van der Waals surface area contributed by atoms with Crippen molar-refractivity contribution in [3.05, 3.63) is 40.1 Å². The predicted molar refractivity (Wildman–Crippen MR) is 74.2 cm³/mol. The maximum Gasteiger partial charge on any atom is 0.311 e. The van der Waals surface area contributed by atoms with E-state index in [1.54, 1.807) is 12.3 Å². The molecule has 0 unspecified atom stereocenters. The lowest BCUT2D eigenvalue weighted by atomic mass is 10.1. The Morgan fingerprint density at radius 1 is 1.58 bits per heavy atom. The van der Waals surface area contributed by atoms with Gasteiger partial charge >= 0.3 is 5.69 Å². The van der Waals surface area contributed by atoms with Crippen LogP contribution in [-0.4, -0.2) is 41.0 Å². The van der Waals surface area contributed by atoms with Gasteiger partial charge in [-0.1, -0.05) is 11.6 Å². The molecule has 1 aromatic rings. The number of rotatable bonds is 5. The molecular formula is C13H18N4O2. The third-order valence-corrected chi connectivity index (χ3v) is 3.22. The molecule has 2 heterocycles. The van der Waals surface area contributed by atoms with Gasteiger partial charge in [0.2, 0.25) is 5.82 Å². The van der Waals surface area contributed by atoms with Gasteiger partial charge in [0.1, 0.15) is 0 Å². The smallest absolute Gasteiger partial charge is 0.311 e. The molecule has 1 aliphatic heterocycles. The maximum absolute atomic E-state index is 10.8. The lowest BCUT2D eigenvalue weighted by molar-refractivity contribution is -0.384. The average Bonchev–Trinajstić information content (AvgIpc) is 2.41. The van der Waals surface area contributed by atoms with Crippen molar-refractivity contribution in [3.8, 4) is 0 Å². The van der Waals surface area contributed by atoms with Crippen LogP contribution in [0.1, 0.15) is 13.3 Å². The van der Waals surface area contributed by atoms with Gasteiger partial charge in [0.25, 0.3) is 0 Å². The molecule has 6 nitrogen and oxygen atoms in total. The fourth-order valence-corrected chi connectivity index (χ4v) is 2.03. The topological polar surface area (TPSA) is 71.3 Å². The van der Waals surface area contributed by atoms with E-state index < -0.39 is 4.92 Å². The zero-order valence-electron chi connectivity index (χ0n) is 11.0. The summed E-state index contributed by atoms with van der Waals surface area (Å²) in [5.74, 6) is 0.344. The molecule has 0 amide bonds. The van der Waals surface area contributed by atoms with Crippen molar-refractivity contribution in [2.24, 2.45) is 0 Å². The Kier molecular flexibility index (Phi) is 4.46. The average molecular weight is 262 g/mol. The number of anilines is 1. The summed E-state index contributed by atoms with van der Waals surface area (Å²) in [7, 11) is 0. The fraction of sp³-hybridized carbons (Fsp3) is 0.462. The number of hydrogen-bond acceptors (Lipinski definition) is 5. The number of nitrogens with one attached hydrogen (secondary N) is 1. The van der Waals surface area contributed by atoms with Crippen LogP contribution >= 0.6 is 0 Å². The fourth-order valence-electron chi connectivity index (χ4n) is 2.03. The Hall–Kier alpha value is -1.95. The van der Waals surface area contributed by atoms with Crippen molar-refractivity contribution in [3.63, 3.8) is 0 Å². The third-order valence-electron chi connectivity index (χ3n) is 3.22. The monoisotopic (exact) mass is 262 g/mol. The van der Waals surface area contributed by atoms with Gasteiger partial charge in [-0.05, 0) is 19.4 Å². The molecule has 2 rings (SSSR count). The van der Waals surface area contributed by atoms with Crippen molar-refractivity contribution < 1.29 is 4.92 Å². The van der Waals surface area contributed by atoms with E-state index in [2.05, 4.69) is 28.2 Å². The van der Waals surface area contributed by atoms with E-state index in [1.807, 2.05) is 0 Å². The minimum absolute atomic E-state index is 0.0249. The molecule has 6 heteroatoms. The lowest BCUT2D eigenvalue weighted by Gasteiger charge is -2.25. The summed E-state index contributed by atoms with van der Waals surface area (Å²) in [4.78, 5) is 16.7. The second-order valence-electron chi connectivity index (χ2n) is 4.66. The van der Waals surface area contributed by atoms with Crippen molar-refractivity contribution in [1.82, 2.24) is 9.88 Å². The first kappa shape index (κ1) is 13.5. The number of hydrogen-bond donors (Lipinski definition) is 1. The molecule has 0 radical (unpaired) electrons. The Morgan fingerprint density at radius 2 is 2.42 bits per heavy atom. The molecule has 0 saturated carbocycles. The van der Waals surface area contributed by atoms with Gasteiger partial charge in [-0.25, -0.2) is 4.98 Å². The van der Waals surface area contributed by atoms with Gasteiger partial charge in [0.05, 0.1) is 4.92 Å². The van der Waals surface area contributed by atoms with Gasteiger partial charge in [-0.3, -0.25) is 15.0 Å². The zero-order chi connectivity index (χ0) is 13.7. The maximum atomic E-state index is 10.8. The molecule has 19 heavy (non-hydrogen) atoms.